The highest BCUT2D eigenvalue weighted by Gasteiger charge is 2.05. The Hall–Kier alpha value is -1.04. The number of hydrogen-bond acceptors (Lipinski definition) is 0. The van der Waals surface area contributed by atoms with Crippen molar-refractivity contribution in [1.82, 2.24) is 0 Å². The highest BCUT2D eigenvalue weighted by Crippen LogP contribution is 2.23. The number of allylic oxidation sites excluding steroid dienone is 2. The molecule has 0 fully saturated rings. The first-order valence-corrected chi connectivity index (χ1v) is 7.48. The number of rotatable bonds is 7. The molecular weight excluding hydrogens is 216 g/mol. The summed E-state index contributed by atoms with van der Waals surface area (Å²) >= 11 is 0. The molecule has 0 amide bonds. The molecule has 1 rings (SSSR count). The van der Waals surface area contributed by atoms with Crippen LogP contribution >= 0.6 is 0 Å². The van der Waals surface area contributed by atoms with Gasteiger partial charge in [0.05, 0.1) is 0 Å². The largest absolute Gasteiger partial charge is 0.0841 e. The summed E-state index contributed by atoms with van der Waals surface area (Å²) in [4.78, 5) is 0. The van der Waals surface area contributed by atoms with Crippen LogP contribution in [0.5, 0.6) is 0 Å². The molecule has 0 saturated heterocycles. The van der Waals surface area contributed by atoms with E-state index in [0.29, 0.717) is 0 Å². The van der Waals surface area contributed by atoms with Crippen LogP contribution < -0.4 is 0 Å². The Morgan fingerprint density at radius 1 is 1.06 bits per heavy atom. The van der Waals surface area contributed by atoms with Crippen LogP contribution in [0.15, 0.2) is 24.3 Å². The maximum absolute atomic E-state index is 2.44. The number of hydrogen-bond donors (Lipinski definition) is 0. The summed E-state index contributed by atoms with van der Waals surface area (Å²) in [6.45, 7) is 8.87. The van der Waals surface area contributed by atoms with Crippen molar-refractivity contribution in [2.45, 2.75) is 66.2 Å². The lowest BCUT2D eigenvalue weighted by Crippen LogP contribution is -1.96. The maximum atomic E-state index is 2.44. The predicted molar refractivity (Wildman–Crippen MR) is 83.0 cm³/mol. The molecule has 18 heavy (non-hydrogen) atoms. The van der Waals surface area contributed by atoms with Crippen molar-refractivity contribution < 1.29 is 0 Å². The molecule has 0 unspecified atom stereocenters. The number of benzene rings is 1. The van der Waals surface area contributed by atoms with Gasteiger partial charge in [0, 0.05) is 0 Å². The van der Waals surface area contributed by atoms with Crippen LogP contribution in [-0.2, 0) is 12.8 Å². The van der Waals surface area contributed by atoms with Crippen LogP contribution in [0.4, 0.5) is 0 Å². The van der Waals surface area contributed by atoms with Gasteiger partial charge in [-0.05, 0) is 61.8 Å². The van der Waals surface area contributed by atoms with E-state index in [-0.39, 0.29) is 0 Å². The lowest BCUT2D eigenvalue weighted by Gasteiger charge is -2.12. The Kier molecular flexibility index (Phi) is 6.78. The quantitative estimate of drug-likeness (QED) is 0.569. The Balaban J connectivity index is 2.96. The zero-order valence-corrected chi connectivity index (χ0v) is 12.6. The van der Waals surface area contributed by atoms with E-state index < -0.39 is 0 Å². The van der Waals surface area contributed by atoms with Crippen molar-refractivity contribution in [3.05, 3.63) is 41.0 Å². The Bertz CT molecular complexity index is 385. The van der Waals surface area contributed by atoms with Gasteiger partial charge in [-0.2, -0.15) is 0 Å². The van der Waals surface area contributed by atoms with Crippen molar-refractivity contribution in [1.29, 1.82) is 0 Å². The summed E-state index contributed by atoms with van der Waals surface area (Å²) in [7, 11) is 0. The summed E-state index contributed by atoms with van der Waals surface area (Å²) in [6, 6.07) is 7.08. The number of aryl methyl sites for hydroxylation is 2. The van der Waals surface area contributed by atoms with Crippen LogP contribution in [-0.4, -0.2) is 0 Å². The minimum atomic E-state index is 1.22. The summed E-state index contributed by atoms with van der Waals surface area (Å²) in [5.41, 5.74) is 5.91. The fourth-order valence-electron chi connectivity index (χ4n) is 2.30. The second-order valence-corrected chi connectivity index (χ2v) is 5.17. The lowest BCUT2D eigenvalue weighted by atomic mass is 9.93. The van der Waals surface area contributed by atoms with E-state index in [1.165, 1.54) is 55.2 Å². The molecule has 0 heteroatoms. The third-order valence-corrected chi connectivity index (χ3v) is 3.65. The highest BCUT2D eigenvalue weighted by molar-refractivity contribution is 5.66. The number of unbranched alkanes of at least 4 members (excludes halogenated alkanes) is 2. The van der Waals surface area contributed by atoms with Crippen LogP contribution in [0.3, 0.4) is 0 Å². The van der Waals surface area contributed by atoms with E-state index in [0.717, 1.165) is 0 Å². The first-order chi connectivity index (χ1) is 8.72. The van der Waals surface area contributed by atoms with Crippen molar-refractivity contribution >= 4 is 5.57 Å². The van der Waals surface area contributed by atoms with E-state index in [9.17, 15) is 0 Å². The first-order valence-electron chi connectivity index (χ1n) is 7.48. The molecule has 1 aromatic carbocycles. The predicted octanol–water partition coefficient (Wildman–Crippen LogP) is 5.80. The van der Waals surface area contributed by atoms with Gasteiger partial charge in [-0.3, -0.25) is 0 Å². The van der Waals surface area contributed by atoms with Gasteiger partial charge in [0.1, 0.15) is 0 Å². The summed E-state index contributed by atoms with van der Waals surface area (Å²) in [6.07, 6.45) is 9.81. The molecule has 0 bridgehead atoms. The van der Waals surface area contributed by atoms with Crippen molar-refractivity contribution in [2.24, 2.45) is 0 Å². The van der Waals surface area contributed by atoms with E-state index in [1.54, 1.807) is 5.56 Å². The Morgan fingerprint density at radius 2 is 1.72 bits per heavy atom. The van der Waals surface area contributed by atoms with Crippen LogP contribution in [0, 0.1) is 0 Å². The summed E-state index contributed by atoms with van der Waals surface area (Å²) in [5.74, 6) is 0. The maximum Gasteiger partial charge on any atom is -0.0198 e. The third kappa shape index (κ3) is 4.33. The van der Waals surface area contributed by atoms with E-state index in [1.807, 2.05) is 0 Å². The molecule has 0 radical (unpaired) electrons. The van der Waals surface area contributed by atoms with Gasteiger partial charge < -0.3 is 0 Å². The minimum Gasteiger partial charge on any atom is -0.0841 e. The zero-order chi connectivity index (χ0) is 13.4. The molecule has 0 aromatic heterocycles. The third-order valence-electron chi connectivity index (χ3n) is 3.65. The SMILES string of the molecule is C/C=C(/C)c1ccc(CCCC)cc1CCCC. The molecule has 0 spiro atoms. The van der Waals surface area contributed by atoms with Crippen LogP contribution in [0.1, 0.15) is 70.1 Å². The zero-order valence-electron chi connectivity index (χ0n) is 12.6. The molecule has 0 N–H and O–H groups in total. The molecule has 0 aliphatic heterocycles. The van der Waals surface area contributed by atoms with Gasteiger partial charge in [-0.25, -0.2) is 0 Å². The average molecular weight is 244 g/mol. The summed E-state index contributed by atoms with van der Waals surface area (Å²) < 4.78 is 0. The van der Waals surface area contributed by atoms with E-state index >= 15 is 0 Å². The Labute approximate surface area is 113 Å². The molecule has 0 aliphatic rings. The van der Waals surface area contributed by atoms with Crippen molar-refractivity contribution in [3.8, 4) is 0 Å². The summed E-state index contributed by atoms with van der Waals surface area (Å²) in [5, 5.41) is 0. The van der Waals surface area contributed by atoms with Crippen molar-refractivity contribution in [2.75, 3.05) is 0 Å². The van der Waals surface area contributed by atoms with Gasteiger partial charge in [0.25, 0.3) is 0 Å². The molecule has 0 nitrogen and oxygen atoms in total. The normalized spacial score (nSPS) is 11.9. The monoisotopic (exact) mass is 244 g/mol. The van der Waals surface area contributed by atoms with Gasteiger partial charge in [-0.15, -0.1) is 0 Å². The smallest absolute Gasteiger partial charge is 0.0198 e. The van der Waals surface area contributed by atoms with Gasteiger partial charge >= 0.3 is 0 Å². The lowest BCUT2D eigenvalue weighted by molar-refractivity contribution is 0.779. The fourth-order valence-corrected chi connectivity index (χ4v) is 2.30. The van der Waals surface area contributed by atoms with Gasteiger partial charge in [-0.1, -0.05) is 51.0 Å². The van der Waals surface area contributed by atoms with E-state index in [4.69, 9.17) is 0 Å². The first kappa shape index (κ1) is 15.0. The molecule has 0 aliphatic carbocycles. The topological polar surface area (TPSA) is 0 Å². The molecule has 0 heterocycles. The minimum absolute atomic E-state index is 1.22. The van der Waals surface area contributed by atoms with Gasteiger partial charge in [0.2, 0.25) is 0 Å². The Morgan fingerprint density at radius 3 is 2.33 bits per heavy atom. The standard InChI is InChI=1S/C18H28/c1-5-8-10-16-12-13-18(15(4)7-3)17(14-16)11-9-6-2/h7,12-14H,5-6,8-11H2,1-4H3/b15-7-. The van der Waals surface area contributed by atoms with Crippen molar-refractivity contribution in [3.63, 3.8) is 0 Å². The average Bonchev–Trinajstić information content (AvgIpc) is 2.42. The molecule has 1 aromatic rings. The van der Waals surface area contributed by atoms with Crippen LogP contribution in [0.25, 0.3) is 5.57 Å². The molecule has 0 saturated carbocycles. The fraction of sp³-hybridized carbons (Fsp3) is 0.556. The van der Waals surface area contributed by atoms with Gasteiger partial charge in [0.15, 0.2) is 0 Å². The molecule has 100 valence electrons. The molecule has 0 atom stereocenters. The molecular formula is C18H28. The second kappa shape index (κ2) is 8.13. The highest BCUT2D eigenvalue weighted by atomic mass is 14.1. The van der Waals surface area contributed by atoms with E-state index in [2.05, 4.69) is 52.0 Å². The van der Waals surface area contributed by atoms with Crippen LogP contribution in [0.2, 0.25) is 0 Å². The second-order valence-electron chi connectivity index (χ2n) is 5.17.